The molecule has 2 amide bonds. The van der Waals surface area contributed by atoms with Gasteiger partial charge in [-0.3, -0.25) is 4.79 Å². The number of hydrogen-bond acceptors (Lipinski definition) is 3. The number of carbonyl (C=O) groups excluding carboxylic acids is 1. The van der Waals surface area contributed by atoms with Crippen LogP contribution < -0.4 is 10.1 Å². The average molecular weight is 476 g/mol. The second-order valence-electron chi connectivity index (χ2n) is 8.18. The van der Waals surface area contributed by atoms with Crippen molar-refractivity contribution in [3.05, 3.63) is 71.8 Å². The first kappa shape index (κ1) is 23.3. The fourth-order valence-corrected chi connectivity index (χ4v) is 3.73. The second-order valence-corrected chi connectivity index (χ2v) is 8.18. The van der Waals surface area contributed by atoms with Crippen molar-refractivity contribution in [3.8, 4) is 11.5 Å². The zero-order valence-electron chi connectivity index (χ0n) is 17.9. The number of hydrogen-bond donors (Lipinski definition) is 2. The molecule has 1 aliphatic rings. The van der Waals surface area contributed by atoms with Crippen molar-refractivity contribution >= 4 is 22.8 Å². The van der Waals surface area contributed by atoms with E-state index in [2.05, 4.69) is 5.32 Å². The topological polar surface area (TPSA) is 78.9 Å². The van der Waals surface area contributed by atoms with Gasteiger partial charge in [-0.15, -0.1) is 0 Å². The molecule has 0 bridgehead atoms. The van der Waals surface area contributed by atoms with Crippen LogP contribution in [0.15, 0.2) is 60.7 Å². The van der Waals surface area contributed by atoms with Crippen molar-refractivity contribution in [2.75, 3.05) is 13.1 Å². The Kier molecular flexibility index (Phi) is 5.84. The van der Waals surface area contributed by atoms with Crippen molar-refractivity contribution in [1.82, 2.24) is 10.2 Å². The first-order chi connectivity index (χ1) is 16.0. The molecule has 34 heavy (non-hydrogen) atoms. The van der Waals surface area contributed by atoms with Crippen LogP contribution in [-0.4, -0.2) is 46.8 Å². The van der Waals surface area contributed by atoms with Crippen molar-refractivity contribution in [2.45, 2.75) is 24.8 Å². The number of fused-ring (bicyclic) bond motifs is 1. The van der Waals surface area contributed by atoms with Gasteiger partial charge in [-0.1, -0.05) is 12.1 Å². The summed E-state index contributed by atoms with van der Waals surface area (Å²) in [5.74, 6) is 0.0954. The van der Waals surface area contributed by atoms with Crippen LogP contribution in [0.25, 0.3) is 10.8 Å². The Hall–Kier alpha value is -3.82. The lowest BCUT2D eigenvalue weighted by Gasteiger charge is -2.46. The summed E-state index contributed by atoms with van der Waals surface area (Å²) in [6.07, 6.45) is -5.65. The Bertz CT molecular complexity index is 1240. The third kappa shape index (κ3) is 4.61. The van der Waals surface area contributed by atoms with Gasteiger partial charge in [-0.25, -0.2) is 9.18 Å². The maximum Gasteiger partial charge on any atom is 0.416 e. The number of carboxylic acid groups (broad SMARTS) is 1. The zero-order chi connectivity index (χ0) is 24.7. The minimum absolute atomic E-state index is 0.222. The molecule has 10 heteroatoms. The fourth-order valence-electron chi connectivity index (χ4n) is 3.73. The highest BCUT2D eigenvalue weighted by Gasteiger charge is 2.50. The standard InChI is InChI=1S/C24H20F4N2O4/c1-14(23(25)12-30(13-23)22(32)33)29-21(31)16-5-10-19-15(11-16)3-2-4-20(19)34-18-8-6-17(7-9-18)24(26,27)28/h2-11,14H,12-13H2,1H3,(H,29,31)(H,32,33)/t14-/m0/s1. The number of carbonyl (C=O) groups is 2. The first-order valence-corrected chi connectivity index (χ1v) is 10.3. The van der Waals surface area contributed by atoms with E-state index in [0.717, 1.165) is 17.0 Å². The molecule has 0 aromatic heterocycles. The number of amides is 2. The van der Waals surface area contributed by atoms with E-state index in [1.807, 2.05) is 0 Å². The van der Waals surface area contributed by atoms with Gasteiger partial charge < -0.3 is 20.1 Å². The summed E-state index contributed by atoms with van der Waals surface area (Å²) >= 11 is 0. The molecule has 1 fully saturated rings. The molecule has 0 spiro atoms. The predicted molar refractivity (Wildman–Crippen MR) is 116 cm³/mol. The smallest absolute Gasteiger partial charge is 0.416 e. The predicted octanol–water partition coefficient (Wildman–Crippen LogP) is 5.47. The number of rotatable bonds is 5. The molecule has 1 heterocycles. The minimum atomic E-state index is -4.44. The van der Waals surface area contributed by atoms with Gasteiger partial charge >= 0.3 is 12.3 Å². The molecule has 3 aromatic carbocycles. The van der Waals surface area contributed by atoms with Gasteiger partial charge in [0.2, 0.25) is 0 Å². The molecule has 6 nitrogen and oxygen atoms in total. The van der Waals surface area contributed by atoms with Gasteiger partial charge in [0.1, 0.15) is 11.5 Å². The van der Waals surface area contributed by atoms with E-state index in [1.165, 1.54) is 25.1 Å². The fraction of sp³-hybridized carbons (Fsp3) is 0.250. The second kappa shape index (κ2) is 8.51. The summed E-state index contributed by atoms with van der Waals surface area (Å²) in [4.78, 5) is 24.5. The summed E-state index contributed by atoms with van der Waals surface area (Å²) in [5.41, 5.74) is -2.35. The van der Waals surface area contributed by atoms with Crippen molar-refractivity contribution in [1.29, 1.82) is 0 Å². The quantitative estimate of drug-likeness (QED) is 0.479. The van der Waals surface area contributed by atoms with Gasteiger partial charge in [-0.2, -0.15) is 13.2 Å². The van der Waals surface area contributed by atoms with Gasteiger partial charge in [0.15, 0.2) is 5.67 Å². The summed E-state index contributed by atoms with van der Waals surface area (Å²) in [6.45, 7) is 0.854. The largest absolute Gasteiger partial charge is 0.465 e. The number of nitrogens with zero attached hydrogens (tertiary/aromatic N) is 1. The molecule has 2 N–H and O–H groups in total. The highest BCUT2D eigenvalue weighted by molar-refractivity contribution is 6.00. The van der Waals surface area contributed by atoms with Crippen LogP contribution >= 0.6 is 0 Å². The molecule has 0 unspecified atom stereocenters. The minimum Gasteiger partial charge on any atom is -0.465 e. The lowest BCUT2D eigenvalue weighted by molar-refractivity contribution is -0.137. The molecular weight excluding hydrogens is 456 g/mol. The molecular formula is C24H20F4N2O4. The van der Waals surface area contributed by atoms with Crippen LogP contribution in [0, 0.1) is 0 Å². The number of benzene rings is 3. The van der Waals surface area contributed by atoms with E-state index >= 15 is 0 Å². The maximum absolute atomic E-state index is 14.8. The summed E-state index contributed by atoms with van der Waals surface area (Å²) in [5, 5.41) is 12.7. The zero-order valence-corrected chi connectivity index (χ0v) is 17.9. The van der Waals surface area contributed by atoms with Gasteiger partial charge in [0, 0.05) is 10.9 Å². The van der Waals surface area contributed by atoms with Crippen LogP contribution in [0.1, 0.15) is 22.8 Å². The molecule has 0 radical (unpaired) electrons. The Morgan fingerprint density at radius 2 is 1.76 bits per heavy atom. The number of ether oxygens (including phenoxy) is 1. The lowest BCUT2D eigenvalue weighted by Crippen LogP contribution is -2.68. The maximum atomic E-state index is 14.8. The van der Waals surface area contributed by atoms with Crippen LogP contribution in [0.5, 0.6) is 11.5 Å². The van der Waals surface area contributed by atoms with Crippen LogP contribution in [0.3, 0.4) is 0 Å². The summed E-state index contributed by atoms with van der Waals surface area (Å²) in [6, 6.07) is 13.2. The SMILES string of the molecule is C[C@H](NC(=O)c1ccc2c(Oc3ccc(C(F)(F)F)cc3)cccc2c1)C1(F)CN(C(=O)O)C1. The molecule has 1 aliphatic heterocycles. The lowest BCUT2D eigenvalue weighted by atomic mass is 9.89. The number of alkyl halides is 4. The molecule has 0 saturated carbocycles. The number of nitrogens with one attached hydrogen (secondary N) is 1. The van der Waals surface area contributed by atoms with Crippen molar-refractivity contribution in [3.63, 3.8) is 0 Å². The molecule has 3 aromatic rings. The normalized spacial score (nSPS) is 16.0. The summed E-state index contributed by atoms with van der Waals surface area (Å²) in [7, 11) is 0. The van der Waals surface area contributed by atoms with E-state index in [0.29, 0.717) is 16.5 Å². The molecule has 1 saturated heterocycles. The van der Waals surface area contributed by atoms with E-state index in [-0.39, 0.29) is 24.4 Å². The first-order valence-electron chi connectivity index (χ1n) is 10.3. The van der Waals surface area contributed by atoms with Gasteiger partial charge in [0.25, 0.3) is 5.91 Å². The van der Waals surface area contributed by atoms with Gasteiger partial charge in [-0.05, 0) is 60.8 Å². The van der Waals surface area contributed by atoms with Crippen LogP contribution in [0.2, 0.25) is 0 Å². The van der Waals surface area contributed by atoms with Crippen LogP contribution in [-0.2, 0) is 6.18 Å². The molecule has 0 aliphatic carbocycles. The van der Waals surface area contributed by atoms with E-state index < -0.39 is 35.5 Å². The third-order valence-corrected chi connectivity index (χ3v) is 5.81. The monoisotopic (exact) mass is 476 g/mol. The highest BCUT2D eigenvalue weighted by atomic mass is 19.4. The van der Waals surface area contributed by atoms with E-state index in [4.69, 9.17) is 9.84 Å². The van der Waals surface area contributed by atoms with E-state index in [1.54, 1.807) is 30.3 Å². The average Bonchev–Trinajstić information content (AvgIpc) is 2.76. The molecule has 178 valence electrons. The van der Waals surface area contributed by atoms with Gasteiger partial charge in [0.05, 0.1) is 24.7 Å². The molecule has 4 rings (SSSR count). The summed E-state index contributed by atoms with van der Waals surface area (Å²) < 4.78 is 58.8. The number of halogens is 4. The Morgan fingerprint density at radius 3 is 2.38 bits per heavy atom. The van der Waals surface area contributed by atoms with Crippen molar-refractivity contribution in [2.24, 2.45) is 0 Å². The van der Waals surface area contributed by atoms with Crippen LogP contribution in [0.4, 0.5) is 22.4 Å². The van der Waals surface area contributed by atoms with Crippen molar-refractivity contribution < 1.29 is 37.0 Å². The third-order valence-electron chi connectivity index (χ3n) is 5.81. The Labute approximate surface area is 191 Å². The molecule has 1 atom stereocenters. The Balaban J connectivity index is 1.48. The van der Waals surface area contributed by atoms with E-state index in [9.17, 15) is 27.2 Å². The highest BCUT2D eigenvalue weighted by Crippen LogP contribution is 2.34. The number of likely N-dealkylation sites (tertiary alicyclic amines) is 1. The Morgan fingerprint density at radius 1 is 1.09 bits per heavy atom.